The highest BCUT2D eigenvalue weighted by Gasteiger charge is 2.18. The van der Waals surface area contributed by atoms with Crippen LogP contribution in [0.15, 0.2) is 30.3 Å². The third-order valence-corrected chi connectivity index (χ3v) is 3.30. The summed E-state index contributed by atoms with van der Waals surface area (Å²) in [6.07, 6.45) is 0. The average molecular weight is 305 g/mol. The van der Waals surface area contributed by atoms with Gasteiger partial charge < -0.3 is 10.2 Å². The summed E-state index contributed by atoms with van der Waals surface area (Å²) >= 11 is 6.07. The van der Waals surface area contributed by atoms with Crippen LogP contribution in [-0.4, -0.2) is 34.9 Å². The van der Waals surface area contributed by atoms with Crippen LogP contribution in [0.4, 0.5) is 5.82 Å². The first-order valence-electron chi connectivity index (χ1n) is 6.53. The normalized spacial score (nSPS) is 10.3. The Morgan fingerprint density at radius 2 is 2.05 bits per heavy atom. The molecule has 0 saturated heterocycles. The quantitative estimate of drug-likeness (QED) is 0.943. The van der Waals surface area contributed by atoms with Crippen molar-refractivity contribution in [2.75, 3.05) is 19.4 Å². The maximum Gasteiger partial charge on any atom is 0.274 e. The molecule has 0 aromatic carbocycles. The van der Waals surface area contributed by atoms with Gasteiger partial charge in [-0.2, -0.15) is 0 Å². The van der Waals surface area contributed by atoms with Crippen LogP contribution in [0.3, 0.4) is 0 Å². The van der Waals surface area contributed by atoms with Gasteiger partial charge in [0.25, 0.3) is 5.91 Å². The minimum atomic E-state index is -0.236. The number of rotatable bonds is 4. The molecule has 0 unspecified atom stereocenters. The van der Waals surface area contributed by atoms with Crippen molar-refractivity contribution in [3.63, 3.8) is 0 Å². The van der Waals surface area contributed by atoms with Gasteiger partial charge in [0.05, 0.1) is 17.3 Å². The Balaban J connectivity index is 2.19. The molecule has 0 aliphatic rings. The molecule has 2 rings (SSSR count). The first-order valence-corrected chi connectivity index (χ1v) is 6.91. The first kappa shape index (κ1) is 15.3. The Bertz CT molecular complexity index is 660. The van der Waals surface area contributed by atoms with Crippen molar-refractivity contribution >= 4 is 23.3 Å². The van der Waals surface area contributed by atoms with Crippen molar-refractivity contribution in [3.05, 3.63) is 52.4 Å². The molecule has 2 aromatic heterocycles. The molecule has 5 nitrogen and oxygen atoms in total. The van der Waals surface area contributed by atoms with Gasteiger partial charge in [0, 0.05) is 19.8 Å². The van der Waals surface area contributed by atoms with Gasteiger partial charge in [-0.3, -0.25) is 9.78 Å². The minimum absolute atomic E-state index is 0.235. The van der Waals surface area contributed by atoms with E-state index < -0.39 is 0 Å². The summed E-state index contributed by atoms with van der Waals surface area (Å²) < 4.78 is 0. The van der Waals surface area contributed by atoms with E-state index in [1.54, 1.807) is 31.1 Å². The van der Waals surface area contributed by atoms with Gasteiger partial charge in [0.1, 0.15) is 11.5 Å². The van der Waals surface area contributed by atoms with Crippen LogP contribution in [0.1, 0.15) is 21.9 Å². The predicted octanol–water partition coefficient (Wildman–Crippen LogP) is 2.75. The van der Waals surface area contributed by atoms with Crippen LogP contribution < -0.4 is 5.32 Å². The van der Waals surface area contributed by atoms with Crippen LogP contribution in [0.2, 0.25) is 5.02 Å². The average Bonchev–Trinajstić information content (AvgIpc) is 2.47. The summed E-state index contributed by atoms with van der Waals surface area (Å²) in [4.78, 5) is 22.6. The zero-order chi connectivity index (χ0) is 15.4. The predicted molar refractivity (Wildman–Crippen MR) is 83.6 cm³/mol. The molecule has 0 fully saturated rings. The van der Waals surface area contributed by atoms with Gasteiger partial charge in [0.15, 0.2) is 0 Å². The highest BCUT2D eigenvalue weighted by molar-refractivity contribution is 6.33. The Kier molecular flexibility index (Phi) is 4.75. The lowest BCUT2D eigenvalue weighted by Crippen LogP contribution is -2.28. The number of hydrogen-bond acceptors (Lipinski definition) is 4. The van der Waals surface area contributed by atoms with E-state index in [0.717, 1.165) is 11.4 Å². The third-order valence-electron chi connectivity index (χ3n) is 3.00. The highest BCUT2D eigenvalue weighted by Crippen LogP contribution is 2.18. The van der Waals surface area contributed by atoms with E-state index in [1.807, 2.05) is 25.1 Å². The van der Waals surface area contributed by atoms with Gasteiger partial charge in [-0.1, -0.05) is 17.7 Å². The molecule has 1 amide bonds. The van der Waals surface area contributed by atoms with Crippen molar-refractivity contribution in [2.24, 2.45) is 0 Å². The second-order valence-corrected chi connectivity index (χ2v) is 5.12. The second-order valence-electron chi connectivity index (χ2n) is 4.71. The van der Waals surface area contributed by atoms with E-state index in [-0.39, 0.29) is 11.6 Å². The standard InChI is InChI=1S/C15H17ClN4O/c1-10-5-4-6-11(18-10)9-20(3)15(21)14-12(16)7-8-13(17-2)19-14/h4-8H,9H2,1-3H3,(H,17,19). The zero-order valence-corrected chi connectivity index (χ0v) is 13.0. The summed E-state index contributed by atoms with van der Waals surface area (Å²) in [7, 11) is 3.45. The molecule has 21 heavy (non-hydrogen) atoms. The van der Waals surface area contributed by atoms with E-state index >= 15 is 0 Å². The number of aromatic nitrogens is 2. The Labute approximate surface area is 129 Å². The molecule has 0 aliphatic carbocycles. The summed E-state index contributed by atoms with van der Waals surface area (Å²) in [6, 6.07) is 9.10. The number of amides is 1. The lowest BCUT2D eigenvalue weighted by atomic mass is 10.2. The van der Waals surface area contributed by atoms with Crippen molar-refractivity contribution in [2.45, 2.75) is 13.5 Å². The molecule has 0 radical (unpaired) electrons. The smallest absolute Gasteiger partial charge is 0.274 e. The van der Waals surface area contributed by atoms with E-state index in [4.69, 9.17) is 11.6 Å². The van der Waals surface area contributed by atoms with Gasteiger partial charge in [0.2, 0.25) is 0 Å². The van der Waals surface area contributed by atoms with Gasteiger partial charge in [-0.25, -0.2) is 4.98 Å². The van der Waals surface area contributed by atoms with E-state index in [0.29, 0.717) is 17.4 Å². The molecule has 0 bridgehead atoms. The maximum atomic E-state index is 12.4. The van der Waals surface area contributed by atoms with E-state index in [2.05, 4.69) is 15.3 Å². The van der Waals surface area contributed by atoms with E-state index in [1.165, 1.54) is 0 Å². The minimum Gasteiger partial charge on any atom is -0.373 e. The molecule has 0 saturated carbocycles. The molecule has 0 aliphatic heterocycles. The number of hydrogen-bond donors (Lipinski definition) is 1. The SMILES string of the molecule is CNc1ccc(Cl)c(C(=O)N(C)Cc2cccc(C)n2)n1. The van der Waals surface area contributed by atoms with Crippen molar-refractivity contribution < 1.29 is 4.79 Å². The molecule has 2 heterocycles. The summed E-state index contributed by atoms with van der Waals surface area (Å²) in [5.41, 5.74) is 1.98. The van der Waals surface area contributed by atoms with Crippen LogP contribution in [-0.2, 0) is 6.54 Å². The number of carbonyl (C=O) groups is 1. The topological polar surface area (TPSA) is 58.1 Å². The number of pyridine rings is 2. The number of nitrogens with zero attached hydrogens (tertiary/aromatic N) is 3. The molecule has 0 atom stereocenters. The fourth-order valence-electron chi connectivity index (χ4n) is 1.91. The largest absolute Gasteiger partial charge is 0.373 e. The fourth-order valence-corrected chi connectivity index (χ4v) is 2.10. The van der Waals surface area contributed by atoms with Crippen LogP contribution in [0.25, 0.3) is 0 Å². The highest BCUT2D eigenvalue weighted by atomic mass is 35.5. The second kappa shape index (κ2) is 6.54. The summed E-state index contributed by atoms with van der Waals surface area (Å²) in [5.74, 6) is 0.366. The fraction of sp³-hybridized carbons (Fsp3) is 0.267. The van der Waals surface area contributed by atoms with Crippen LogP contribution in [0.5, 0.6) is 0 Å². The van der Waals surface area contributed by atoms with Crippen molar-refractivity contribution in [1.29, 1.82) is 0 Å². The lowest BCUT2D eigenvalue weighted by molar-refractivity contribution is 0.0778. The zero-order valence-electron chi connectivity index (χ0n) is 12.2. The van der Waals surface area contributed by atoms with Gasteiger partial charge in [-0.15, -0.1) is 0 Å². The monoisotopic (exact) mass is 304 g/mol. The molecule has 0 spiro atoms. The number of carbonyl (C=O) groups excluding carboxylic acids is 1. The third kappa shape index (κ3) is 3.70. The summed E-state index contributed by atoms with van der Waals surface area (Å²) in [5, 5.41) is 3.23. The Morgan fingerprint density at radius 3 is 2.71 bits per heavy atom. The molecule has 2 aromatic rings. The first-order chi connectivity index (χ1) is 10.0. The van der Waals surface area contributed by atoms with Crippen molar-refractivity contribution in [3.8, 4) is 0 Å². The van der Waals surface area contributed by atoms with Crippen LogP contribution in [0, 0.1) is 6.92 Å². The summed E-state index contributed by atoms with van der Waals surface area (Å²) in [6.45, 7) is 2.32. The number of aryl methyl sites for hydroxylation is 1. The molecular weight excluding hydrogens is 288 g/mol. The molecule has 6 heteroatoms. The number of halogens is 1. The molecular formula is C15H17ClN4O. The van der Waals surface area contributed by atoms with Gasteiger partial charge in [-0.05, 0) is 31.2 Å². The lowest BCUT2D eigenvalue weighted by Gasteiger charge is -2.17. The Hall–Kier alpha value is -2.14. The van der Waals surface area contributed by atoms with Crippen molar-refractivity contribution in [1.82, 2.24) is 14.9 Å². The molecule has 110 valence electrons. The maximum absolute atomic E-state index is 12.4. The molecule has 1 N–H and O–H groups in total. The number of nitrogens with one attached hydrogen (secondary N) is 1. The number of anilines is 1. The van der Waals surface area contributed by atoms with Gasteiger partial charge >= 0.3 is 0 Å². The Morgan fingerprint density at radius 1 is 1.29 bits per heavy atom. The van der Waals surface area contributed by atoms with E-state index in [9.17, 15) is 4.79 Å². The van der Waals surface area contributed by atoms with Crippen LogP contribution >= 0.6 is 11.6 Å².